The lowest BCUT2D eigenvalue weighted by molar-refractivity contribution is -0.384. The quantitative estimate of drug-likeness (QED) is 0.364. The van der Waals surface area contributed by atoms with E-state index in [9.17, 15) is 23.3 Å². The number of nitro groups is 1. The van der Waals surface area contributed by atoms with Crippen LogP contribution >= 0.6 is 0 Å². The minimum Gasteiger partial charge on any atom is -0.495 e. The Hall–Kier alpha value is -3.96. The highest BCUT2D eigenvalue weighted by molar-refractivity contribution is 7.89. The summed E-state index contributed by atoms with van der Waals surface area (Å²) in [5.41, 5.74) is 1.98. The van der Waals surface area contributed by atoms with E-state index >= 15 is 0 Å². The van der Waals surface area contributed by atoms with Crippen LogP contribution in [0.5, 0.6) is 5.75 Å². The van der Waals surface area contributed by atoms with Gasteiger partial charge in [-0.2, -0.15) is 4.31 Å². The topological polar surface area (TPSA) is 122 Å². The summed E-state index contributed by atoms with van der Waals surface area (Å²) in [5.74, 6) is 0.437. The number of anilines is 2. The van der Waals surface area contributed by atoms with Crippen molar-refractivity contribution in [2.75, 3.05) is 43.5 Å². The lowest BCUT2D eigenvalue weighted by Gasteiger charge is -2.35. The van der Waals surface area contributed by atoms with Gasteiger partial charge >= 0.3 is 0 Å². The molecule has 36 heavy (non-hydrogen) atoms. The first kappa shape index (κ1) is 25.1. The van der Waals surface area contributed by atoms with Crippen molar-refractivity contribution in [3.05, 3.63) is 88.5 Å². The molecule has 3 aromatic rings. The molecular weight excluding hydrogens is 484 g/mol. The molecule has 1 amide bonds. The smallest absolute Gasteiger partial charge is 0.269 e. The highest BCUT2D eigenvalue weighted by atomic mass is 32.2. The molecule has 1 saturated heterocycles. The Labute approximate surface area is 209 Å². The third-order valence-electron chi connectivity index (χ3n) is 5.95. The molecule has 1 N–H and O–H groups in total. The molecule has 0 bridgehead atoms. The average Bonchev–Trinajstić information content (AvgIpc) is 2.89. The van der Waals surface area contributed by atoms with Crippen LogP contribution in [0.3, 0.4) is 0 Å². The summed E-state index contributed by atoms with van der Waals surface area (Å²) in [5, 5.41) is 13.5. The number of carbonyl (C=O) groups is 1. The number of amides is 1. The largest absolute Gasteiger partial charge is 0.495 e. The summed E-state index contributed by atoms with van der Waals surface area (Å²) in [6.45, 7) is 1.76. The Morgan fingerprint density at radius 3 is 2.22 bits per heavy atom. The lowest BCUT2D eigenvalue weighted by Crippen LogP contribution is -2.48. The van der Waals surface area contributed by atoms with Crippen LogP contribution in [0.2, 0.25) is 0 Å². The summed E-state index contributed by atoms with van der Waals surface area (Å²) < 4.78 is 33.2. The number of non-ortho nitro benzene ring substituents is 1. The molecule has 0 radical (unpaired) electrons. The van der Waals surface area contributed by atoms with Gasteiger partial charge in [0.05, 0.1) is 29.0 Å². The zero-order valence-corrected chi connectivity index (χ0v) is 20.5. The molecule has 1 aliphatic heterocycles. The van der Waals surface area contributed by atoms with Crippen molar-refractivity contribution in [3.8, 4) is 5.75 Å². The Balaban J connectivity index is 1.35. The lowest BCUT2D eigenvalue weighted by atomic mass is 10.1. The van der Waals surface area contributed by atoms with Crippen LogP contribution in [0.1, 0.15) is 5.56 Å². The first-order chi connectivity index (χ1) is 17.3. The SMILES string of the molecule is COc1ccccc1N1CCN(S(=O)(=O)c2ccc(NC(=O)Cc3ccc([N+](=O)[O-])cc3)cc2)CC1. The third kappa shape index (κ3) is 5.64. The fourth-order valence-corrected chi connectivity index (χ4v) is 5.47. The van der Waals surface area contributed by atoms with E-state index < -0.39 is 14.9 Å². The molecule has 0 saturated carbocycles. The van der Waals surface area contributed by atoms with Gasteiger partial charge < -0.3 is 15.0 Å². The molecule has 4 rings (SSSR count). The van der Waals surface area contributed by atoms with Crippen LogP contribution in [0.25, 0.3) is 0 Å². The molecule has 10 nitrogen and oxygen atoms in total. The van der Waals surface area contributed by atoms with E-state index in [1.807, 2.05) is 24.3 Å². The van der Waals surface area contributed by atoms with E-state index in [4.69, 9.17) is 4.74 Å². The number of methoxy groups -OCH3 is 1. The minimum absolute atomic E-state index is 0.0362. The molecule has 0 aromatic heterocycles. The van der Waals surface area contributed by atoms with Gasteiger partial charge in [-0.3, -0.25) is 14.9 Å². The standard InChI is InChI=1S/C25H26N4O6S/c1-35-24-5-3-2-4-23(24)27-14-16-28(17-15-27)36(33,34)22-12-8-20(9-13-22)26-25(30)18-19-6-10-21(11-7-19)29(31)32/h2-13H,14-18H2,1H3,(H,26,30). The van der Waals surface area contributed by atoms with Gasteiger partial charge in [-0.05, 0) is 42.0 Å². The molecule has 0 spiro atoms. The Kier molecular flexibility index (Phi) is 7.51. The van der Waals surface area contributed by atoms with Gasteiger partial charge in [0.25, 0.3) is 5.69 Å². The fraction of sp³-hybridized carbons (Fsp3) is 0.240. The van der Waals surface area contributed by atoms with Gasteiger partial charge in [0.15, 0.2) is 0 Å². The number of benzene rings is 3. The summed E-state index contributed by atoms with van der Waals surface area (Å²) >= 11 is 0. The third-order valence-corrected chi connectivity index (χ3v) is 7.87. The summed E-state index contributed by atoms with van der Waals surface area (Å²) in [7, 11) is -2.07. The van der Waals surface area contributed by atoms with Crippen molar-refractivity contribution in [1.29, 1.82) is 0 Å². The number of sulfonamides is 1. The van der Waals surface area contributed by atoms with Crippen molar-refractivity contribution >= 4 is 33.0 Å². The first-order valence-electron chi connectivity index (χ1n) is 11.3. The minimum atomic E-state index is -3.68. The van der Waals surface area contributed by atoms with Crippen molar-refractivity contribution in [2.45, 2.75) is 11.3 Å². The number of piperazine rings is 1. The first-order valence-corrected chi connectivity index (χ1v) is 12.7. The molecule has 1 fully saturated rings. The number of rotatable bonds is 8. The molecular formula is C25H26N4O6S. The van der Waals surface area contributed by atoms with E-state index in [1.54, 1.807) is 19.2 Å². The Bertz CT molecular complexity index is 1340. The number of para-hydroxylation sites is 2. The normalized spacial score (nSPS) is 14.3. The zero-order valence-electron chi connectivity index (χ0n) is 19.7. The number of nitro benzene ring substituents is 1. The van der Waals surface area contributed by atoms with Gasteiger partial charge in [-0.15, -0.1) is 0 Å². The summed E-state index contributed by atoms with van der Waals surface area (Å²) in [4.78, 5) is 24.8. The molecule has 0 unspecified atom stereocenters. The number of carbonyl (C=O) groups excluding carboxylic acids is 1. The Morgan fingerprint density at radius 2 is 1.61 bits per heavy atom. The highest BCUT2D eigenvalue weighted by Crippen LogP contribution is 2.29. The maximum Gasteiger partial charge on any atom is 0.269 e. The van der Waals surface area contributed by atoms with Crippen molar-refractivity contribution in [3.63, 3.8) is 0 Å². The van der Waals surface area contributed by atoms with Crippen LogP contribution in [-0.4, -0.2) is 56.8 Å². The average molecular weight is 511 g/mol. The molecule has 188 valence electrons. The molecule has 0 atom stereocenters. The Morgan fingerprint density at radius 1 is 0.972 bits per heavy atom. The van der Waals surface area contributed by atoms with Gasteiger partial charge in [0.1, 0.15) is 5.75 Å². The van der Waals surface area contributed by atoms with Crippen LogP contribution in [0, 0.1) is 10.1 Å². The van der Waals surface area contributed by atoms with Crippen LogP contribution in [0.4, 0.5) is 17.1 Å². The molecule has 11 heteroatoms. The van der Waals surface area contributed by atoms with E-state index in [-0.39, 0.29) is 22.9 Å². The van der Waals surface area contributed by atoms with Gasteiger partial charge in [0.2, 0.25) is 15.9 Å². The second kappa shape index (κ2) is 10.8. The highest BCUT2D eigenvalue weighted by Gasteiger charge is 2.29. The second-order valence-electron chi connectivity index (χ2n) is 8.24. The van der Waals surface area contributed by atoms with Crippen molar-refractivity contribution < 1.29 is 22.9 Å². The van der Waals surface area contributed by atoms with E-state index in [0.29, 0.717) is 37.4 Å². The maximum absolute atomic E-state index is 13.2. The number of hydrogen-bond acceptors (Lipinski definition) is 7. The fourth-order valence-electron chi connectivity index (χ4n) is 4.05. The molecule has 0 aliphatic carbocycles. The van der Waals surface area contributed by atoms with E-state index in [0.717, 1.165) is 11.4 Å². The van der Waals surface area contributed by atoms with Crippen LogP contribution in [0.15, 0.2) is 77.7 Å². The maximum atomic E-state index is 13.2. The predicted molar refractivity (Wildman–Crippen MR) is 136 cm³/mol. The zero-order chi connectivity index (χ0) is 25.7. The summed E-state index contributed by atoms with van der Waals surface area (Å²) in [6.07, 6.45) is 0.0362. The van der Waals surface area contributed by atoms with Crippen molar-refractivity contribution in [2.24, 2.45) is 0 Å². The monoisotopic (exact) mass is 510 g/mol. The summed E-state index contributed by atoms with van der Waals surface area (Å²) in [6, 6.07) is 19.4. The van der Waals surface area contributed by atoms with Gasteiger partial charge in [-0.1, -0.05) is 24.3 Å². The molecule has 3 aromatic carbocycles. The molecule has 1 aliphatic rings. The number of nitrogens with one attached hydrogen (secondary N) is 1. The van der Waals surface area contributed by atoms with Crippen molar-refractivity contribution in [1.82, 2.24) is 4.31 Å². The number of nitrogens with zero attached hydrogens (tertiary/aromatic N) is 3. The number of ether oxygens (including phenoxy) is 1. The van der Waals surface area contributed by atoms with Gasteiger partial charge in [0, 0.05) is 44.0 Å². The number of hydrogen-bond donors (Lipinski definition) is 1. The van der Waals surface area contributed by atoms with E-state index in [2.05, 4.69) is 10.2 Å². The van der Waals surface area contributed by atoms with E-state index in [1.165, 1.54) is 40.7 Å². The van der Waals surface area contributed by atoms with Gasteiger partial charge in [-0.25, -0.2) is 8.42 Å². The predicted octanol–water partition coefficient (Wildman–Crippen LogP) is 3.30. The van der Waals surface area contributed by atoms with Crippen LogP contribution in [-0.2, 0) is 21.2 Å². The second-order valence-corrected chi connectivity index (χ2v) is 10.2. The molecule has 1 heterocycles. The van der Waals surface area contributed by atoms with Crippen LogP contribution < -0.4 is 15.0 Å².